The van der Waals surface area contributed by atoms with E-state index in [1.807, 2.05) is 37.3 Å². The number of carbonyl (C=O) groups is 1. The number of anilines is 1. The molecular formula is C20H24IN7O2. The van der Waals surface area contributed by atoms with Crippen LogP contribution < -0.4 is 15.5 Å². The Hall–Kier alpha value is -2.89. The molecule has 0 bridgehead atoms. The number of nitrogens with one attached hydrogen (secondary N) is 3. The zero-order valence-electron chi connectivity index (χ0n) is 16.5. The van der Waals surface area contributed by atoms with Gasteiger partial charge in [-0.2, -0.15) is 0 Å². The maximum absolute atomic E-state index is 12.4. The second-order valence-corrected chi connectivity index (χ2v) is 6.66. The Labute approximate surface area is 191 Å². The summed E-state index contributed by atoms with van der Waals surface area (Å²) in [6.45, 7) is 3.63. The van der Waals surface area contributed by atoms with Crippen LogP contribution in [0.25, 0.3) is 11.6 Å². The number of carbonyl (C=O) groups excluding carboxylic acids is 1. The molecule has 10 heteroatoms. The van der Waals surface area contributed by atoms with Crippen molar-refractivity contribution in [2.45, 2.75) is 25.9 Å². The van der Waals surface area contributed by atoms with Crippen molar-refractivity contribution in [1.82, 2.24) is 25.8 Å². The standard InChI is InChI=1S/C20H23N7O2.HI/c1-2-21-20(22-12-17-24-19(26-25-17)16-9-6-10-29-16)23-14-11-18(28)27(13-14)15-7-4-3-5-8-15;/h3-10,14H,2,11-13H2,1H3,(H2,21,22,23)(H,24,25,26);1H. The molecule has 1 atom stereocenters. The van der Waals surface area contributed by atoms with Crippen molar-refractivity contribution in [2.24, 2.45) is 4.99 Å². The van der Waals surface area contributed by atoms with Crippen molar-refractivity contribution in [1.29, 1.82) is 0 Å². The Morgan fingerprint density at radius 1 is 1.30 bits per heavy atom. The third-order valence-corrected chi connectivity index (χ3v) is 4.54. The van der Waals surface area contributed by atoms with Gasteiger partial charge in [0.15, 0.2) is 11.7 Å². The molecule has 1 aliphatic heterocycles. The predicted octanol–water partition coefficient (Wildman–Crippen LogP) is 2.54. The van der Waals surface area contributed by atoms with Gasteiger partial charge in [-0.1, -0.05) is 18.2 Å². The number of hydrogen-bond acceptors (Lipinski definition) is 5. The van der Waals surface area contributed by atoms with Gasteiger partial charge in [-0.3, -0.25) is 9.89 Å². The van der Waals surface area contributed by atoms with E-state index in [1.54, 1.807) is 23.3 Å². The first-order valence-corrected chi connectivity index (χ1v) is 9.58. The Bertz CT molecular complexity index is 972. The summed E-state index contributed by atoms with van der Waals surface area (Å²) in [5.41, 5.74) is 0.913. The van der Waals surface area contributed by atoms with Crippen LogP contribution in [0.3, 0.4) is 0 Å². The van der Waals surface area contributed by atoms with Gasteiger partial charge in [0.2, 0.25) is 11.7 Å². The SMILES string of the molecule is CCNC(=NCc1nc(-c2ccco2)n[nH]1)NC1CC(=O)N(c2ccccc2)C1.I. The molecule has 1 aromatic carbocycles. The van der Waals surface area contributed by atoms with Crippen LogP contribution in [0.5, 0.6) is 0 Å². The van der Waals surface area contributed by atoms with Gasteiger partial charge in [0, 0.05) is 25.2 Å². The zero-order valence-corrected chi connectivity index (χ0v) is 18.9. The third-order valence-electron chi connectivity index (χ3n) is 4.54. The molecule has 0 saturated carbocycles. The average molecular weight is 521 g/mol. The highest BCUT2D eigenvalue weighted by molar-refractivity contribution is 14.0. The summed E-state index contributed by atoms with van der Waals surface area (Å²) in [5.74, 6) is 2.46. The van der Waals surface area contributed by atoms with Crippen molar-refractivity contribution in [3.8, 4) is 11.6 Å². The van der Waals surface area contributed by atoms with Crippen molar-refractivity contribution in [2.75, 3.05) is 18.0 Å². The Morgan fingerprint density at radius 3 is 2.87 bits per heavy atom. The van der Waals surface area contributed by atoms with Crippen LogP contribution in [-0.2, 0) is 11.3 Å². The van der Waals surface area contributed by atoms with E-state index in [0.29, 0.717) is 49.4 Å². The number of nitrogens with zero attached hydrogens (tertiary/aromatic N) is 4. The molecular weight excluding hydrogens is 497 g/mol. The van der Waals surface area contributed by atoms with Crippen LogP contribution in [-0.4, -0.2) is 46.2 Å². The number of hydrogen-bond donors (Lipinski definition) is 3. The lowest BCUT2D eigenvalue weighted by molar-refractivity contribution is -0.117. The smallest absolute Gasteiger partial charge is 0.229 e. The summed E-state index contributed by atoms with van der Waals surface area (Å²) in [6.07, 6.45) is 2.00. The summed E-state index contributed by atoms with van der Waals surface area (Å²) in [6, 6.07) is 13.3. The van der Waals surface area contributed by atoms with E-state index in [2.05, 4.69) is 30.8 Å². The quantitative estimate of drug-likeness (QED) is 0.261. The van der Waals surface area contributed by atoms with Gasteiger partial charge in [-0.15, -0.1) is 29.1 Å². The summed E-state index contributed by atoms with van der Waals surface area (Å²) in [5, 5.41) is 13.6. The van der Waals surface area contributed by atoms with Crippen LogP contribution in [0.2, 0.25) is 0 Å². The summed E-state index contributed by atoms with van der Waals surface area (Å²) >= 11 is 0. The van der Waals surface area contributed by atoms with E-state index in [1.165, 1.54) is 0 Å². The fourth-order valence-corrected chi connectivity index (χ4v) is 3.21. The van der Waals surface area contributed by atoms with Crippen LogP contribution in [0.15, 0.2) is 58.1 Å². The van der Waals surface area contributed by atoms with E-state index in [9.17, 15) is 4.79 Å². The molecule has 3 N–H and O–H groups in total. The topological polar surface area (TPSA) is 111 Å². The number of para-hydroxylation sites is 1. The number of aromatic amines is 1. The van der Waals surface area contributed by atoms with E-state index in [-0.39, 0.29) is 35.9 Å². The number of halogens is 1. The highest BCUT2D eigenvalue weighted by Crippen LogP contribution is 2.21. The van der Waals surface area contributed by atoms with Crippen molar-refractivity contribution in [3.05, 3.63) is 54.6 Å². The average Bonchev–Trinajstić information content (AvgIpc) is 3.48. The molecule has 2 aromatic heterocycles. The van der Waals surface area contributed by atoms with E-state index in [0.717, 1.165) is 5.69 Å². The maximum atomic E-state index is 12.4. The summed E-state index contributed by atoms with van der Waals surface area (Å²) in [4.78, 5) is 23.2. The van der Waals surface area contributed by atoms with Crippen molar-refractivity contribution < 1.29 is 9.21 Å². The van der Waals surface area contributed by atoms with Gasteiger partial charge >= 0.3 is 0 Å². The van der Waals surface area contributed by atoms with Gasteiger partial charge in [0.1, 0.15) is 12.4 Å². The Morgan fingerprint density at radius 2 is 2.13 bits per heavy atom. The van der Waals surface area contributed by atoms with Crippen LogP contribution in [0, 0.1) is 0 Å². The fraction of sp³-hybridized carbons (Fsp3) is 0.300. The number of furan rings is 1. The first-order chi connectivity index (χ1) is 14.2. The molecule has 9 nitrogen and oxygen atoms in total. The molecule has 3 aromatic rings. The largest absolute Gasteiger partial charge is 0.461 e. The van der Waals surface area contributed by atoms with Gasteiger partial charge in [-0.25, -0.2) is 9.98 Å². The summed E-state index contributed by atoms with van der Waals surface area (Å²) in [7, 11) is 0. The van der Waals surface area contributed by atoms with Gasteiger partial charge in [0.25, 0.3) is 0 Å². The minimum Gasteiger partial charge on any atom is -0.461 e. The van der Waals surface area contributed by atoms with Crippen LogP contribution in [0.1, 0.15) is 19.2 Å². The Kier molecular flexibility index (Phi) is 7.44. The molecule has 158 valence electrons. The second kappa shape index (κ2) is 10.2. The van der Waals surface area contributed by atoms with E-state index < -0.39 is 0 Å². The lowest BCUT2D eigenvalue weighted by atomic mass is 10.2. The van der Waals surface area contributed by atoms with Crippen molar-refractivity contribution >= 4 is 41.5 Å². The van der Waals surface area contributed by atoms with Crippen molar-refractivity contribution in [3.63, 3.8) is 0 Å². The Balaban J connectivity index is 0.00000256. The van der Waals surface area contributed by atoms with Gasteiger partial charge in [-0.05, 0) is 31.2 Å². The number of amides is 1. The molecule has 1 saturated heterocycles. The fourth-order valence-electron chi connectivity index (χ4n) is 3.21. The molecule has 1 aliphatic rings. The molecule has 4 rings (SSSR count). The number of guanidine groups is 1. The van der Waals surface area contributed by atoms with E-state index in [4.69, 9.17) is 4.42 Å². The third kappa shape index (κ3) is 5.17. The number of aliphatic imine (C=N–C) groups is 1. The van der Waals surface area contributed by atoms with E-state index >= 15 is 0 Å². The lowest BCUT2D eigenvalue weighted by Crippen LogP contribution is -2.44. The maximum Gasteiger partial charge on any atom is 0.229 e. The second-order valence-electron chi connectivity index (χ2n) is 6.66. The normalized spacial score (nSPS) is 16.4. The minimum absolute atomic E-state index is 0. The molecule has 0 spiro atoms. The summed E-state index contributed by atoms with van der Waals surface area (Å²) < 4.78 is 5.30. The van der Waals surface area contributed by atoms with Crippen LogP contribution >= 0.6 is 24.0 Å². The lowest BCUT2D eigenvalue weighted by Gasteiger charge is -2.18. The highest BCUT2D eigenvalue weighted by atomic mass is 127. The first-order valence-electron chi connectivity index (χ1n) is 9.58. The number of benzene rings is 1. The minimum atomic E-state index is -0.0195. The molecule has 3 heterocycles. The molecule has 0 aliphatic carbocycles. The number of aromatic nitrogens is 3. The monoisotopic (exact) mass is 521 g/mol. The van der Waals surface area contributed by atoms with Gasteiger partial charge < -0.3 is 20.0 Å². The molecule has 0 radical (unpaired) electrons. The molecule has 1 fully saturated rings. The van der Waals surface area contributed by atoms with Gasteiger partial charge in [0.05, 0.1) is 12.3 Å². The molecule has 1 amide bonds. The molecule has 1 unspecified atom stereocenters. The highest BCUT2D eigenvalue weighted by Gasteiger charge is 2.31. The van der Waals surface area contributed by atoms with Crippen LogP contribution in [0.4, 0.5) is 5.69 Å². The predicted molar refractivity (Wildman–Crippen MR) is 125 cm³/mol. The number of H-pyrrole nitrogens is 1. The number of rotatable bonds is 6. The molecule has 30 heavy (non-hydrogen) atoms. The first kappa shape index (κ1) is 21.8. The zero-order chi connectivity index (χ0) is 20.1.